The van der Waals surface area contributed by atoms with Crippen LogP contribution in [-0.4, -0.2) is 252 Å². The first-order valence-electron chi connectivity index (χ1n) is 32.3. The SMILES string of the molecule is CC[C@H](C)[C@@H]1NC(=O)[C@H](CC(C)C)N(C)C(=O)C[C@@H](C(=O)N(C)C)N(C)C(=O)[C@H]([C@@H](C)CC)N(C)C(=O)[C@H](C)NC(=O)[C@H](C)N(C)C(=O)[C@H](CCc2ccc(C(F)(F)F)c(Cl)c2)NC(=O)CN(C)C(=O)[C@H](Cc2ccc(C)cc2)N(C)C(=O)C2CCN2C(=O)[C@H](C)N(C)C1=O. The van der Waals surface area contributed by atoms with E-state index >= 15 is 0 Å². The molecule has 28 heteroatoms. The number of rotatable bonds is 12. The second-order valence-corrected chi connectivity index (χ2v) is 26.7. The number of alkyl halides is 3. The summed E-state index contributed by atoms with van der Waals surface area (Å²) in [5.74, 6) is -10.1. The third-order valence-electron chi connectivity index (χ3n) is 18.8. The zero-order valence-corrected chi connectivity index (χ0v) is 59.3. The minimum Gasteiger partial charge on any atom is -0.347 e. The Balaban J connectivity index is 1.88. The van der Waals surface area contributed by atoms with Gasteiger partial charge in [0.25, 0.3) is 0 Å². The molecule has 2 fully saturated rings. The number of nitrogens with one attached hydrogen (secondary N) is 3. The van der Waals surface area contributed by atoms with Gasteiger partial charge in [-0.1, -0.05) is 102 Å². The lowest BCUT2D eigenvalue weighted by molar-refractivity contribution is -0.160. The van der Waals surface area contributed by atoms with E-state index in [0.29, 0.717) is 18.4 Å². The summed E-state index contributed by atoms with van der Waals surface area (Å²) >= 11 is 6.07. The minimum absolute atomic E-state index is 0.0566. The molecule has 0 radical (unpaired) electrons. The fourth-order valence-electron chi connectivity index (χ4n) is 11.6. The van der Waals surface area contributed by atoms with Gasteiger partial charge >= 0.3 is 6.18 Å². The molecule has 4 rings (SSSR count). The second kappa shape index (κ2) is 34.2. The maximum atomic E-state index is 15.0. The van der Waals surface area contributed by atoms with Crippen molar-refractivity contribution in [1.29, 1.82) is 0 Å². The number of halogens is 4. The Morgan fingerprint density at radius 3 is 1.75 bits per heavy atom. The molecule has 2 aromatic rings. The van der Waals surface area contributed by atoms with Gasteiger partial charge < -0.3 is 60.0 Å². The molecule has 95 heavy (non-hydrogen) atoms. The van der Waals surface area contributed by atoms with Crippen LogP contribution in [0, 0.1) is 24.7 Å². The van der Waals surface area contributed by atoms with Crippen LogP contribution in [0.2, 0.25) is 5.02 Å². The molecule has 2 aliphatic heterocycles. The monoisotopic (exact) mass is 1360 g/mol. The Bertz CT molecular complexity index is 3140. The lowest BCUT2D eigenvalue weighted by Crippen LogP contribution is -2.65. The maximum absolute atomic E-state index is 15.0. The highest BCUT2D eigenvalue weighted by atomic mass is 35.5. The Labute approximate surface area is 562 Å². The summed E-state index contributed by atoms with van der Waals surface area (Å²) in [6, 6.07) is -2.84. The fraction of sp³-hybridized carbons (Fsp3) is 0.642. The number of likely N-dealkylation sites (N-methyl/N-ethyl adjacent to an activating group) is 8. The molecule has 0 aliphatic carbocycles. The Hall–Kier alpha value is -7.84. The summed E-state index contributed by atoms with van der Waals surface area (Å²) < 4.78 is 41.2. The van der Waals surface area contributed by atoms with Crippen molar-refractivity contribution in [2.24, 2.45) is 17.8 Å². The molecule has 0 spiro atoms. The van der Waals surface area contributed by atoms with E-state index in [2.05, 4.69) is 16.0 Å². The van der Waals surface area contributed by atoms with E-state index in [0.717, 1.165) is 37.3 Å². The molecule has 2 aliphatic rings. The highest BCUT2D eigenvalue weighted by Gasteiger charge is 2.47. The van der Waals surface area contributed by atoms with Crippen molar-refractivity contribution in [3.05, 3.63) is 69.7 Å². The zero-order valence-electron chi connectivity index (χ0n) is 58.6. The number of nitrogens with zero attached hydrogens (tertiary/aromatic N) is 9. The molecular formula is C67H100ClF3N12O12. The largest absolute Gasteiger partial charge is 0.417 e. The van der Waals surface area contributed by atoms with Crippen LogP contribution in [0.25, 0.3) is 0 Å². The van der Waals surface area contributed by atoms with Gasteiger partial charge in [-0.05, 0) is 94.4 Å². The summed E-state index contributed by atoms with van der Waals surface area (Å²) in [6.45, 7) is 16.2. The number of hydrogen-bond acceptors (Lipinski definition) is 12. The predicted octanol–water partition coefficient (Wildman–Crippen LogP) is 4.01. The summed E-state index contributed by atoms with van der Waals surface area (Å²) in [5, 5.41) is 7.51. The van der Waals surface area contributed by atoms with Crippen molar-refractivity contribution >= 4 is 82.5 Å². The van der Waals surface area contributed by atoms with E-state index in [1.807, 2.05) is 39.8 Å². The first-order valence-corrected chi connectivity index (χ1v) is 32.7. The topological polar surface area (TPSA) is 270 Å². The third kappa shape index (κ3) is 19.9. The number of amides is 12. The van der Waals surface area contributed by atoms with Crippen LogP contribution >= 0.6 is 11.6 Å². The van der Waals surface area contributed by atoms with Gasteiger partial charge in [-0.25, -0.2) is 0 Å². The average Bonchev–Trinajstić information content (AvgIpc) is 0.810. The van der Waals surface area contributed by atoms with Crippen LogP contribution in [0.3, 0.4) is 0 Å². The molecule has 24 nitrogen and oxygen atoms in total. The van der Waals surface area contributed by atoms with Crippen LogP contribution < -0.4 is 16.0 Å². The zero-order chi connectivity index (χ0) is 72.2. The summed E-state index contributed by atoms with van der Waals surface area (Å²) in [4.78, 5) is 185. The minimum atomic E-state index is -4.78. The fourth-order valence-corrected chi connectivity index (χ4v) is 11.9. The molecule has 2 saturated heterocycles. The Kier molecular flexibility index (Phi) is 28.7. The van der Waals surface area contributed by atoms with Crippen molar-refractivity contribution in [3.8, 4) is 0 Å². The van der Waals surface area contributed by atoms with E-state index in [9.17, 15) is 70.7 Å². The first kappa shape index (κ1) is 79.6. The number of fused-ring (bicyclic) bond motifs is 1. The highest BCUT2D eigenvalue weighted by Crippen LogP contribution is 2.35. The van der Waals surface area contributed by atoms with Crippen molar-refractivity contribution < 1.29 is 70.7 Å². The molecule has 12 amide bonds. The van der Waals surface area contributed by atoms with Crippen molar-refractivity contribution in [2.45, 2.75) is 187 Å². The molecule has 3 N–H and O–H groups in total. The van der Waals surface area contributed by atoms with Crippen molar-refractivity contribution in [3.63, 3.8) is 0 Å². The van der Waals surface area contributed by atoms with Crippen molar-refractivity contribution in [1.82, 2.24) is 60.0 Å². The van der Waals surface area contributed by atoms with Gasteiger partial charge in [-0.15, -0.1) is 0 Å². The molecule has 0 aromatic heterocycles. The molecule has 12 atom stereocenters. The highest BCUT2D eigenvalue weighted by molar-refractivity contribution is 6.31. The Morgan fingerprint density at radius 2 is 1.22 bits per heavy atom. The summed E-state index contributed by atoms with van der Waals surface area (Å²) in [6.07, 6.45) is -4.86. The van der Waals surface area contributed by atoms with E-state index in [4.69, 9.17) is 11.6 Å². The quantitative estimate of drug-likeness (QED) is 0.272. The standard InChI is InChI=1S/C67H100ClF3N12O12/c1-20-39(6)55-65(94)78(15)43(10)60(89)83-31-30-49(83)64(93)80(17)51(34-45-24-22-38(5)23-25-45)63(92)76(13)36-53(84)73-48(29-27-44-26-28-46(47(68)33-44)67(69,70)71)61(90)77(14)42(9)57(86)72-41(8)59(88)82(19)56(40(7)21-2)66(95)81(18)52(62(91)75(11)12)35-54(85)79(16)50(32-37(3)4)58(87)74-55/h22-26,28,33,37,39-43,48-52,55-56H,20-21,27,29-32,34-36H2,1-19H3,(H,72,86)(H,73,84)(H,74,87)/t39-,40-,41-,42-,43-,48-,49?,50-,51-,52-,55-,56-/m0/s1. The molecule has 2 heterocycles. The van der Waals surface area contributed by atoms with Crippen molar-refractivity contribution in [2.75, 3.05) is 76.5 Å². The van der Waals surface area contributed by atoms with Gasteiger partial charge in [0.2, 0.25) is 70.9 Å². The van der Waals surface area contributed by atoms with Crippen LogP contribution in [0.15, 0.2) is 42.5 Å². The summed E-state index contributed by atoms with van der Waals surface area (Å²) in [7, 11) is 12.3. The smallest absolute Gasteiger partial charge is 0.347 e. The van der Waals surface area contributed by atoms with Gasteiger partial charge in [-0.3, -0.25) is 57.5 Å². The van der Waals surface area contributed by atoms with Gasteiger partial charge in [0, 0.05) is 76.4 Å². The third-order valence-corrected chi connectivity index (χ3v) is 19.1. The van der Waals surface area contributed by atoms with Gasteiger partial charge in [0.1, 0.15) is 60.4 Å². The van der Waals surface area contributed by atoms with Gasteiger partial charge in [0.05, 0.1) is 23.6 Å². The van der Waals surface area contributed by atoms with Gasteiger partial charge in [-0.2, -0.15) is 13.2 Å². The predicted molar refractivity (Wildman–Crippen MR) is 351 cm³/mol. The number of hydrogen-bond donors (Lipinski definition) is 3. The molecule has 0 bridgehead atoms. The Morgan fingerprint density at radius 1 is 0.642 bits per heavy atom. The molecule has 0 saturated carbocycles. The number of carbonyl (C=O) groups is 12. The second-order valence-electron chi connectivity index (χ2n) is 26.3. The average molecular weight is 1360 g/mol. The van der Waals surface area contributed by atoms with Gasteiger partial charge in [0.15, 0.2) is 0 Å². The van der Waals surface area contributed by atoms with Crippen LogP contribution in [-0.2, 0) is 76.6 Å². The normalized spacial score (nSPS) is 25.7. The van der Waals surface area contributed by atoms with E-state index < -0.39 is 173 Å². The lowest BCUT2D eigenvalue weighted by Gasteiger charge is -2.45. The molecule has 2 aromatic carbocycles. The molecular weight excluding hydrogens is 1260 g/mol. The lowest BCUT2D eigenvalue weighted by atomic mass is 9.94. The first-order chi connectivity index (χ1) is 44.1. The van der Waals surface area contributed by atoms with E-state index in [1.165, 1.54) is 115 Å². The summed E-state index contributed by atoms with van der Waals surface area (Å²) in [5.41, 5.74) is 0.696. The number of benzene rings is 2. The number of aryl methyl sites for hydroxylation is 2. The molecule has 528 valence electrons. The maximum Gasteiger partial charge on any atom is 0.417 e. The molecule has 1 unspecified atom stereocenters. The van der Waals surface area contributed by atoms with Crippen LogP contribution in [0.4, 0.5) is 13.2 Å². The van der Waals surface area contributed by atoms with Crippen LogP contribution in [0.1, 0.15) is 123 Å². The van der Waals surface area contributed by atoms with E-state index in [-0.39, 0.29) is 50.1 Å². The number of carbonyl (C=O) groups excluding carboxylic acids is 12. The van der Waals surface area contributed by atoms with Crippen LogP contribution in [0.5, 0.6) is 0 Å². The van der Waals surface area contributed by atoms with E-state index in [1.54, 1.807) is 32.9 Å².